The van der Waals surface area contributed by atoms with Crippen LogP contribution in [-0.4, -0.2) is 38.8 Å². The first-order chi connectivity index (χ1) is 16.6. The Bertz CT molecular complexity index is 1260. The summed E-state index contributed by atoms with van der Waals surface area (Å²) in [6, 6.07) is 21.9. The van der Waals surface area contributed by atoms with Crippen molar-refractivity contribution in [1.29, 1.82) is 0 Å². The number of nitrogens with one attached hydrogen (secondary N) is 2. The van der Waals surface area contributed by atoms with Crippen LogP contribution >= 0.6 is 0 Å². The van der Waals surface area contributed by atoms with E-state index in [2.05, 4.69) is 16.4 Å². The van der Waals surface area contributed by atoms with E-state index in [0.29, 0.717) is 30.9 Å². The quantitative estimate of drug-likeness (QED) is 0.348. The molecule has 0 saturated carbocycles. The van der Waals surface area contributed by atoms with Crippen molar-refractivity contribution >= 4 is 16.8 Å². The third kappa shape index (κ3) is 5.17. The minimum absolute atomic E-state index is 0.00132. The Morgan fingerprint density at radius 2 is 1.74 bits per heavy atom. The van der Waals surface area contributed by atoms with Crippen LogP contribution in [-0.2, 0) is 11.2 Å². The summed E-state index contributed by atoms with van der Waals surface area (Å²) in [6.07, 6.45) is 3.04. The topological polar surface area (TPSA) is 72.6 Å². The van der Waals surface area contributed by atoms with Crippen molar-refractivity contribution in [3.63, 3.8) is 0 Å². The fraction of sp³-hybridized carbons (Fsp3) is 0.250. The molecule has 1 heterocycles. The standard InChI is InChI=1S/C28H30N2O4/c1-32-21-8-6-7-20(16-21)23(24-18-30-25-10-5-4-9-22(24)25)17-28(31)29-14-13-19-11-12-26(33-2)27(15-19)34-3/h4-12,15-16,18,23,30H,13-14,17H2,1-3H3,(H,29,31)/t23-/m0/s1. The smallest absolute Gasteiger partial charge is 0.220 e. The van der Waals surface area contributed by atoms with Gasteiger partial charge in [-0.3, -0.25) is 4.79 Å². The molecule has 0 aliphatic rings. The average Bonchev–Trinajstić information content (AvgIpc) is 3.31. The van der Waals surface area contributed by atoms with Crippen LogP contribution in [0.5, 0.6) is 17.2 Å². The zero-order chi connectivity index (χ0) is 23.9. The highest BCUT2D eigenvalue weighted by atomic mass is 16.5. The molecule has 0 bridgehead atoms. The third-order valence-corrected chi connectivity index (χ3v) is 6.07. The molecule has 0 radical (unpaired) electrons. The largest absolute Gasteiger partial charge is 0.497 e. The number of H-pyrrole nitrogens is 1. The molecule has 1 atom stereocenters. The van der Waals surface area contributed by atoms with Crippen LogP contribution in [0.4, 0.5) is 0 Å². The maximum absolute atomic E-state index is 13.0. The Labute approximate surface area is 199 Å². The van der Waals surface area contributed by atoms with Gasteiger partial charge in [0.05, 0.1) is 21.3 Å². The number of rotatable bonds is 10. The lowest BCUT2D eigenvalue weighted by molar-refractivity contribution is -0.121. The summed E-state index contributed by atoms with van der Waals surface area (Å²) in [5.74, 6) is 2.04. The van der Waals surface area contributed by atoms with E-state index < -0.39 is 0 Å². The molecule has 0 unspecified atom stereocenters. The van der Waals surface area contributed by atoms with Gasteiger partial charge in [0, 0.05) is 36.0 Å². The van der Waals surface area contributed by atoms with Crippen molar-refractivity contribution in [3.8, 4) is 17.2 Å². The highest BCUT2D eigenvalue weighted by Gasteiger charge is 2.22. The Morgan fingerprint density at radius 1 is 0.912 bits per heavy atom. The minimum Gasteiger partial charge on any atom is -0.497 e. The van der Waals surface area contributed by atoms with E-state index in [-0.39, 0.29) is 11.8 Å². The monoisotopic (exact) mass is 458 g/mol. The lowest BCUT2D eigenvalue weighted by atomic mass is 9.88. The lowest BCUT2D eigenvalue weighted by Crippen LogP contribution is -2.27. The second kappa shape index (κ2) is 10.8. The summed E-state index contributed by atoms with van der Waals surface area (Å²) in [5, 5.41) is 4.20. The lowest BCUT2D eigenvalue weighted by Gasteiger charge is -2.18. The maximum atomic E-state index is 13.0. The number of fused-ring (bicyclic) bond motifs is 1. The molecule has 1 aromatic heterocycles. The van der Waals surface area contributed by atoms with Crippen LogP contribution in [0.2, 0.25) is 0 Å². The van der Waals surface area contributed by atoms with Crippen molar-refractivity contribution in [2.24, 2.45) is 0 Å². The van der Waals surface area contributed by atoms with Gasteiger partial charge in [0.25, 0.3) is 0 Å². The molecule has 6 nitrogen and oxygen atoms in total. The minimum atomic E-state index is -0.104. The van der Waals surface area contributed by atoms with E-state index >= 15 is 0 Å². The summed E-state index contributed by atoms with van der Waals surface area (Å²) in [4.78, 5) is 16.4. The van der Waals surface area contributed by atoms with Gasteiger partial charge in [-0.25, -0.2) is 0 Å². The molecule has 1 amide bonds. The van der Waals surface area contributed by atoms with Crippen LogP contribution in [0.25, 0.3) is 10.9 Å². The zero-order valence-corrected chi connectivity index (χ0v) is 19.8. The number of benzene rings is 3. The van der Waals surface area contributed by atoms with E-state index in [1.807, 2.05) is 66.9 Å². The number of amides is 1. The van der Waals surface area contributed by atoms with Gasteiger partial charge in [0.15, 0.2) is 11.5 Å². The zero-order valence-electron chi connectivity index (χ0n) is 19.8. The molecule has 3 aromatic carbocycles. The molecule has 6 heteroatoms. The number of carbonyl (C=O) groups is 1. The second-order valence-electron chi connectivity index (χ2n) is 8.11. The SMILES string of the molecule is COc1cccc([C@H](CC(=O)NCCc2ccc(OC)c(OC)c2)c2c[nH]c3ccccc23)c1. The Kier molecular flexibility index (Phi) is 7.38. The van der Waals surface area contributed by atoms with Crippen molar-refractivity contribution < 1.29 is 19.0 Å². The van der Waals surface area contributed by atoms with Crippen molar-refractivity contribution in [3.05, 3.63) is 89.6 Å². The van der Waals surface area contributed by atoms with Crippen LogP contribution in [0.3, 0.4) is 0 Å². The fourth-order valence-electron chi connectivity index (χ4n) is 4.29. The number of ether oxygens (including phenoxy) is 3. The summed E-state index contributed by atoms with van der Waals surface area (Å²) in [5.41, 5.74) is 4.26. The number of aromatic amines is 1. The predicted octanol–water partition coefficient (Wildman–Crippen LogP) is 5.07. The summed E-state index contributed by atoms with van der Waals surface area (Å²) in [7, 11) is 4.89. The highest BCUT2D eigenvalue weighted by molar-refractivity contribution is 5.86. The van der Waals surface area contributed by atoms with Crippen LogP contribution in [0.1, 0.15) is 29.0 Å². The molecular formula is C28H30N2O4. The number of methoxy groups -OCH3 is 3. The first kappa shape index (κ1) is 23.2. The van der Waals surface area contributed by atoms with E-state index in [4.69, 9.17) is 14.2 Å². The maximum Gasteiger partial charge on any atom is 0.220 e. The molecule has 0 saturated heterocycles. The van der Waals surface area contributed by atoms with Gasteiger partial charge in [-0.15, -0.1) is 0 Å². The molecule has 0 spiro atoms. The predicted molar refractivity (Wildman–Crippen MR) is 134 cm³/mol. The fourth-order valence-corrected chi connectivity index (χ4v) is 4.29. The molecule has 176 valence electrons. The van der Waals surface area contributed by atoms with Crippen LogP contribution in [0.15, 0.2) is 72.9 Å². The van der Waals surface area contributed by atoms with Crippen molar-refractivity contribution in [1.82, 2.24) is 10.3 Å². The van der Waals surface area contributed by atoms with Gasteiger partial charge in [-0.2, -0.15) is 0 Å². The summed E-state index contributed by atoms with van der Waals surface area (Å²) in [6.45, 7) is 0.535. The highest BCUT2D eigenvalue weighted by Crippen LogP contribution is 2.34. The number of para-hydroxylation sites is 1. The molecule has 34 heavy (non-hydrogen) atoms. The van der Waals surface area contributed by atoms with Gasteiger partial charge in [-0.05, 0) is 53.4 Å². The van der Waals surface area contributed by atoms with Crippen LogP contribution in [0, 0.1) is 0 Å². The number of hydrogen-bond acceptors (Lipinski definition) is 4. The number of hydrogen-bond donors (Lipinski definition) is 2. The average molecular weight is 459 g/mol. The summed E-state index contributed by atoms with van der Waals surface area (Å²) >= 11 is 0. The van der Waals surface area contributed by atoms with E-state index in [0.717, 1.165) is 33.3 Å². The van der Waals surface area contributed by atoms with E-state index in [9.17, 15) is 4.79 Å². The summed E-state index contributed by atoms with van der Waals surface area (Å²) < 4.78 is 16.1. The molecule has 0 fully saturated rings. The molecule has 0 aliphatic heterocycles. The molecule has 4 aromatic rings. The normalized spacial score (nSPS) is 11.7. The molecule has 4 rings (SSSR count). The van der Waals surface area contributed by atoms with Crippen molar-refractivity contribution in [2.45, 2.75) is 18.8 Å². The van der Waals surface area contributed by atoms with E-state index in [1.54, 1.807) is 21.3 Å². The molecule has 2 N–H and O–H groups in total. The van der Waals surface area contributed by atoms with Gasteiger partial charge >= 0.3 is 0 Å². The second-order valence-corrected chi connectivity index (χ2v) is 8.11. The first-order valence-electron chi connectivity index (χ1n) is 11.3. The Hall–Kier alpha value is -3.93. The number of aromatic nitrogens is 1. The number of carbonyl (C=O) groups excluding carboxylic acids is 1. The molecular weight excluding hydrogens is 428 g/mol. The van der Waals surface area contributed by atoms with Crippen molar-refractivity contribution in [2.75, 3.05) is 27.9 Å². The third-order valence-electron chi connectivity index (χ3n) is 6.07. The van der Waals surface area contributed by atoms with Gasteiger partial charge in [0.2, 0.25) is 5.91 Å². The van der Waals surface area contributed by atoms with Gasteiger partial charge in [-0.1, -0.05) is 36.4 Å². The molecule has 0 aliphatic carbocycles. The van der Waals surface area contributed by atoms with Gasteiger partial charge < -0.3 is 24.5 Å². The Balaban J connectivity index is 1.49. The first-order valence-corrected chi connectivity index (χ1v) is 11.3. The van der Waals surface area contributed by atoms with Crippen LogP contribution < -0.4 is 19.5 Å². The van der Waals surface area contributed by atoms with Gasteiger partial charge in [0.1, 0.15) is 5.75 Å². The van der Waals surface area contributed by atoms with E-state index in [1.165, 1.54) is 0 Å². The Morgan fingerprint density at radius 3 is 2.53 bits per heavy atom.